The zero-order valence-corrected chi connectivity index (χ0v) is 7.90. The van der Waals surface area contributed by atoms with Gasteiger partial charge in [0.1, 0.15) is 0 Å². The van der Waals surface area contributed by atoms with Crippen molar-refractivity contribution in [2.24, 2.45) is 0 Å². The third-order valence-electron chi connectivity index (χ3n) is 2.32. The molecule has 0 aromatic heterocycles. The zero-order chi connectivity index (χ0) is 10.8. The van der Waals surface area contributed by atoms with Crippen molar-refractivity contribution in [1.29, 1.82) is 0 Å². The van der Waals surface area contributed by atoms with Crippen LogP contribution in [0, 0.1) is 0 Å². The van der Waals surface area contributed by atoms with Gasteiger partial charge >= 0.3 is 6.18 Å². The fraction of sp³-hybridized carbons (Fsp3) is 1.00. The quantitative estimate of drug-likeness (QED) is 0.724. The molecule has 1 rings (SSSR count). The Morgan fingerprint density at radius 3 is 2.64 bits per heavy atom. The molecule has 1 aliphatic heterocycles. The van der Waals surface area contributed by atoms with Gasteiger partial charge < -0.3 is 15.2 Å². The average Bonchev–Trinajstić information content (AvgIpc) is 2.47. The number of alkyl halides is 3. The maximum atomic E-state index is 11.9. The molecule has 0 aromatic carbocycles. The van der Waals surface area contributed by atoms with Crippen molar-refractivity contribution in [1.82, 2.24) is 5.32 Å². The smallest absolute Gasteiger partial charge is 0.382 e. The highest BCUT2D eigenvalue weighted by Gasteiger charge is 2.39. The predicted octanol–water partition coefficient (Wildman–Crippen LogP) is 0.678. The van der Waals surface area contributed by atoms with Gasteiger partial charge in [-0.2, -0.15) is 13.2 Å². The highest BCUT2D eigenvalue weighted by Crippen LogP contribution is 2.22. The van der Waals surface area contributed by atoms with Crippen LogP contribution in [0.15, 0.2) is 0 Å². The van der Waals surface area contributed by atoms with Gasteiger partial charge in [0.25, 0.3) is 0 Å². The molecule has 1 saturated heterocycles. The molecule has 0 bridgehead atoms. The third kappa shape index (κ3) is 3.11. The van der Waals surface area contributed by atoms with Gasteiger partial charge in [0, 0.05) is 18.7 Å². The topological polar surface area (TPSA) is 41.5 Å². The first kappa shape index (κ1) is 11.7. The van der Waals surface area contributed by atoms with Crippen molar-refractivity contribution in [3.8, 4) is 0 Å². The van der Waals surface area contributed by atoms with E-state index in [1.54, 1.807) is 6.92 Å². The molecular formula is C8H14F3NO2. The monoisotopic (exact) mass is 213 g/mol. The second-order valence-corrected chi connectivity index (χ2v) is 3.80. The predicted molar refractivity (Wildman–Crippen MR) is 43.9 cm³/mol. The SMILES string of the molecule is CC1(NCC(O)C(F)(F)F)CCOC1. The Balaban J connectivity index is 2.33. The van der Waals surface area contributed by atoms with Gasteiger partial charge in [0.05, 0.1) is 6.61 Å². The van der Waals surface area contributed by atoms with E-state index in [4.69, 9.17) is 9.84 Å². The minimum atomic E-state index is -4.55. The van der Waals surface area contributed by atoms with Crippen LogP contribution in [0.3, 0.4) is 0 Å². The number of β-amino-alcohol motifs (C(OH)–C–C–N with tert-alkyl or cyclic N) is 1. The Hall–Kier alpha value is -0.330. The van der Waals surface area contributed by atoms with Crippen LogP contribution >= 0.6 is 0 Å². The lowest BCUT2D eigenvalue weighted by molar-refractivity contribution is -0.202. The van der Waals surface area contributed by atoms with Crippen LogP contribution in [0.25, 0.3) is 0 Å². The Kier molecular flexibility index (Phi) is 3.39. The van der Waals surface area contributed by atoms with Crippen LogP contribution in [0.5, 0.6) is 0 Å². The third-order valence-corrected chi connectivity index (χ3v) is 2.32. The molecule has 14 heavy (non-hydrogen) atoms. The van der Waals surface area contributed by atoms with Crippen LogP contribution in [0.1, 0.15) is 13.3 Å². The van der Waals surface area contributed by atoms with Crippen molar-refractivity contribution < 1.29 is 23.0 Å². The molecule has 3 nitrogen and oxygen atoms in total. The Morgan fingerprint density at radius 1 is 1.57 bits per heavy atom. The lowest BCUT2D eigenvalue weighted by Gasteiger charge is -2.26. The normalized spacial score (nSPS) is 30.6. The van der Waals surface area contributed by atoms with E-state index in [0.29, 0.717) is 19.6 Å². The maximum Gasteiger partial charge on any atom is 0.415 e. The summed E-state index contributed by atoms with van der Waals surface area (Å²) >= 11 is 0. The lowest BCUT2D eigenvalue weighted by atomic mass is 10.0. The molecule has 1 aliphatic rings. The summed E-state index contributed by atoms with van der Waals surface area (Å²) in [6.45, 7) is 2.23. The first-order chi connectivity index (χ1) is 6.33. The van der Waals surface area contributed by atoms with E-state index in [1.165, 1.54) is 0 Å². The van der Waals surface area contributed by atoms with E-state index in [-0.39, 0.29) is 0 Å². The average molecular weight is 213 g/mol. The van der Waals surface area contributed by atoms with Crippen molar-refractivity contribution in [2.75, 3.05) is 19.8 Å². The largest absolute Gasteiger partial charge is 0.415 e. The highest BCUT2D eigenvalue weighted by molar-refractivity contribution is 4.88. The van der Waals surface area contributed by atoms with E-state index in [9.17, 15) is 13.2 Å². The van der Waals surface area contributed by atoms with Crippen molar-refractivity contribution in [2.45, 2.75) is 31.2 Å². The van der Waals surface area contributed by atoms with E-state index < -0.39 is 24.4 Å². The van der Waals surface area contributed by atoms with E-state index in [1.807, 2.05) is 0 Å². The number of aliphatic hydroxyl groups is 1. The zero-order valence-electron chi connectivity index (χ0n) is 7.90. The molecule has 0 radical (unpaired) electrons. The van der Waals surface area contributed by atoms with Crippen LogP contribution in [-0.4, -0.2) is 42.7 Å². The van der Waals surface area contributed by atoms with Crippen LogP contribution in [0.2, 0.25) is 0 Å². The Morgan fingerprint density at radius 2 is 2.21 bits per heavy atom. The van der Waals surface area contributed by atoms with Gasteiger partial charge in [-0.15, -0.1) is 0 Å². The summed E-state index contributed by atoms with van der Waals surface area (Å²) in [6, 6.07) is 0. The van der Waals surface area contributed by atoms with Gasteiger partial charge in [-0.05, 0) is 13.3 Å². The molecule has 2 unspecified atom stereocenters. The summed E-state index contributed by atoms with van der Waals surface area (Å²) in [4.78, 5) is 0. The highest BCUT2D eigenvalue weighted by atomic mass is 19.4. The Bertz CT molecular complexity index is 190. The summed E-state index contributed by atoms with van der Waals surface area (Å²) in [5.41, 5.74) is -0.438. The summed E-state index contributed by atoms with van der Waals surface area (Å²) < 4.78 is 40.8. The molecule has 0 saturated carbocycles. The molecule has 1 heterocycles. The first-order valence-electron chi connectivity index (χ1n) is 4.41. The number of nitrogens with one attached hydrogen (secondary N) is 1. The minimum Gasteiger partial charge on any atom is -0.382 e. The molecule has 2 N–H and O–H groups in total. The number of ether oxygens (including phenoxy) is 1. The molecule has 2 atom stereocenters. The summed E-state index contributed by atoms with van der Waals surface area (Å²) in [6.07, 6.45) is -6.19. The van der Waals surface area contributed by atoms with Gasteiger partial charge in [-0.1, -0.05) is 0 Å². The molecule has 1 fully saturated rings. The van der Waals surface area contributed by atoms with E-state index in [2.05, 4.69) is 5.32 Å². The number of halogens is 3. The van der Waals surface area contributed by atoms with Gasteiger partial charge in [0.15, 0.2) is 6.10 Å². The van der Waals surface area contributed by atoms with Gasteiger partial charge in [-0.3, -0.25) is 0 Å². The van der Waals surface area contributed by atoms with Crippen molar-refractivity contribution in [3.05, 3.63) is 0 Å². The number of aliphatic hydroxyl groups excluding tert-OH is 1. The number of hydrogen-bond acceptors (Lipinski definition) is 3. The summed E-state index contributed by atoms with van der Waals surface area (Å²) in [7, 11) is 0. The fourth-order valence-electron chi connectivity index (χ4n) is 1.27. The fourth-order valence-corrected chi connectivity index (χ4v) is 1.27. The molecule has 0 aliphatic carbocycles. The van der Waals surface area contributed by atoms with E-state index >= 15 is 0 Å². The van der Waals surface area contributed by atoms with Crippen molar-refractivity contribution >= 4 is 0 Å². The molecule has 0 amide bonds. The number of hydrogen-bond donors (Lipinski definition) is 2. The number of rotatable bonds is 3. The molecule has 84 valence electrons. The van der Waals surface area contributed by atoms with E-state index in [0.717, 1.165) is 0 Å². The first-order valence-corrected chi connectivity index (χ1v) is 4.41. The van der Waals surface area contributed by atoms with Crippen LogP contribution in [0.4, 0.5) is 13.2 Å². The summed E-state index contributed by atoms with van der Waals surface area (Å²) in [5.74, 6) is 0. The summed E-state index contributed by atoms with van der Waals surface area (Å²) in [5, 5.41) is 11.4. The molecular weight excluding hydrogens is 199 g/mol. The second kappa shape index (κ2) is 4.04. The van der Waals surface area contributed by atoms with Gasteiger partial charge in [0.2, 0.25) is 0 Å². The molecule has 6 heteroatoms. The minimum absolute atomic E-state index is 0.386. The van der Waals surface area contributed by atoms with Crippen molar-refractivity contribution in [3.63, 3.8) is 0 Å². The van der Waals surface area contributed by atoms with Crippen LogP contribution < -0.4 is 5.32 Å². The standard InChI is InChI=1S/C8H14F3NO2/c1-7(2-3-14-5-7)12-4-6(13)8(9,10)11/h6,12-13H,2-5H2,1H3. The van der Waals surface area contributed by atoms with Crippen LogP contribution in [-0.2, 0) is 4.74 Å². The lowest BCUT2D eigenvalue weighted by Crippen LogP contribution is -2.49. The molecule has 0 aromatic rings. The molecule has 0 spiro atoms. The van der Waals surface area contributed by atoms with Gasteiger partial charge in [-0.25, -0.2) is 0 Å². The maximum absolute atomic E-state index is 11.9. The Labute approximate surface area is 80.2 Å². The second-order valence-electron chi connectivity index (χ2n) is 3.80.